The Morgan fingerprint density at radius 2 is 2.35 bits per heavy atom. The van der Waals surface area contributed by atoms with Crippen LogP contribution in [0.5, 0.6) is 5.88 Å². The van der Waals surface area contributed by atoms with Gasteiger partial charge in [-0.2, -0.15) is 4.98 Å². The van der Waals surface area contributed by atoms with Gasteiger partial charge < -0.3 is 15.0 Å². The number of rotatable bonds is 4. The maximum absolute atomic E-state index is 5.20. The lowest BCUT2D eigenvalue weighted by molar-refractivity contribution is 0.395. The summed E-state index contributed by atoms with van der Waals surface area (Å²) in [5, 5.41) is 3.37. The first kappa shape index (κ1) is 12.1. The highest BCUT2D eigenvalue weighted by Crippen LogP contribution is 2.19. The molecular formula is C12H20N4O. The molecular weight excluding hydrogens is 216 g/mol. The van der Waals surface area contributed by atoms with Gasteiger partial charge in [0, 0.05) is 30.9 Å². The first-order valence-electron chi connectivity index (χ1n) is 6.11. The van der Waals surface area contributed by atoms with Crippen LogP contribution < -0.4 is 15.0 Å². The Morgan fingerprint density at radius 1 is 1.53 bits per heavy atom. The van der Waals surface area contributed by atoms with Crippen LogP contribution in [0.15, 0.2) is 6.07 Å². The van der Waals surface area contributed by atoms with Crippen molar-refractivity contribution in [3.8, 4) is 5.88 Å². The van der Waals surface area contributed by atoms with Crippen LogP contribution in [0.4, 0.5) is 5.95 Å². The first-order valence-corrected chi connectivity index (χ1v) is 6.11. The van der Waals surface area contributed by atoms with Crippen molar-refractivity contribution in [1.29, 1.82) is 0 Å². The normalized spacial score (nSPS) is 19.4. The molecule has 0 radical (unpaired) electrons. The molecule has 0 amide bonds. The van der Waals surface area contributed by atoms with Gasteiger partial charge in [0.25, 0.3) is 0 Å². The third-order valence-electron chi connectivity index (χ3n) is 3.10. The lowest BCUT2D eigenvalue weighted by Crippen LogP contribution is -2.38. The average Bonchev–Trinajstić information content (AvgIpc) is 2.83. The van der Waals surface area contributed by atoms with E-state index in [1.54, 1.807) is 7.11 Å². The summed E-state index contributed by atoms with van der Waals surface area (Å²) in [6.07, 6.45) is 1.15. The lowest BCUT2D eigenvalue weighted by Gasteiger charge is -2.27. The number of nitrogens with zero attached hydrogens (tertiary/aromatic N) is 3. The molecule has 1 aromatic rings. The van der Waals surface area contributed by atoms with E-state index in [2.05, 4.69) is 27.1 Å². The summed E-state index contributed by atoms with van der Waals surface area (Å²) in [7, 11) is 1.64. The van der Waals surface area contributed by atoms with Crippen LogP contribution in [0.2, 0.25) is 0 Å². The van der Waals surface area contributed by atoms with Crippen LogP contribution in [0.3, 0.4) is 0 Å². The van der Waals surface area contributed by atoms with Crippen LogP contribution in [0, 0.1) is 6.92 Å². The van der Waals surface area contributed by atoms with Gasteiger partial charge in [-0.25, -0.2) is 4.98 Å². The zero-order valence-electron chi connectivity index (χ0n) is 10.7. The molecule has 1 aliphatic rings. The van der Waals surface area contributed by atoms with Gasteiger partial charge in [-0.3, -0.25) is 0 Å². The van der Waals surface area contributed by atoms with Gasteiger partial charge in [0.1, 0.15) is 0 Å². The quantitative estimate of drug-likeness (QED) is 0.844. The Kier molecular flexibility index (Phi) is 3.78. The molecule has 1 fully saturated rings. The van der Waals surface area contributed by atoms with Gasteiger partial charge in [-0.05, 0) is 26.8 Å². The molecule has 2 heterocycles. The molecule has 0 saturated carbocycles. The highest BCUT2D eigenvalue weighted by atomic mass is 16.5. The fraction of sp³-hybridized carbons (Fsp3) is 0.667. The van der Waals surface area contributed by atoms with Gasteiger partial charge in [0.05, 0.1) is 7.11 Å². The summed E-state index contributed by atoms with van der Waals surface area (Å²) in [6.45, 7) is 7.10. The minimum Gasteiger partial charge on any atom is -0.481 e. The minimum absolute atomic E-state index is 0.492. The second kappa shape index (κ2) is 5.31. The third-order valence-corrected chi connectivity index (χ3v) is 3.10. The van der Waals surface area contributed by atoms with Gasteiger partial charge in [-0.1, -0.05) is 0 Å². The number of aromatic nitrogens is 2. The van der Waals surface area contributed by atoms with Gasteiger partial charge >= 0.3 is 0 Å². The largest absolute Gasteiger partial charge is 0.481 e. The van der Waals surface area contributed by atoms with E-state index < -0.39 is 0 Å². The molecule has 0 aliphatic carbocycles. The van der Waals surface area contributed by atoms with Crippen molar-refractivity contribution in [2.75, 3.05) is 31.6 Å². The molecule has 17 heavy (non-hydrogen) atoms. The van der Waals surface area contributed by atoms with E-state index in [0.29, 0.717) is 11.9 Å². The Hall–Kier alpha value is -1.36. The molecule has 0 aromatic carbocycles. The summed E-state index contributed by atoms with van der Waals surface area (Å²) in [6, 6.07) is 2.34. The molecule has 1 N–H and O–H groups in total. The van der Waals surface area contributed by atoms with Crippen LogP contribution in [0.25, 0.3) is 0 Å². The maximum atomic E-state index is 5.20. The van der Waals surface area contributed by atoms with E-state index in [4.69, 9.17) is 4.74 Å². The molecule has 5 nitrogen and oxygen atoms in total. The van der Waals surface area contributed by atoms with Gasteiger partial charge in [-0.15, -0.1) is 0 Å². The number of aryl methyl sites for hydroxylation is 1. The summed E-state index contributed by atoms with van der Waals surface area (Å²) >= 11 is 0. The number of likely N-dealkylation sites (N-methyl/N-ethyl adjacent to an activating group) is 1. The first-order chi connectivity index (χ1) is 8.24. The maximum Gasteiger partial charge on any atom is 0.229 e. The number of hydrogen-bond donors (Lipinski definition) is 1. The molecule has 94 valence electrons. The summed E-state index contributed by atoms with van der Waals surface area (Å²) in [5.41, 5.74) is 0.941. The second-order valence-electron chi connectivity index (χ2n) is 4.28. The molecule has 2 rings (SSSR count). The molecule has 1 unspecified atom stereocenters. The molecule has 0 spiro atoms. The van der Waals surface area contributed by atoms with Crippen LogP contribution in [0.1, 0.15) is 19.0 Å². The zero-order valence-corrected chi connectivity index (χ0v) is 10.7. The highest BCUT2D eigenvalue weighted by molar-refractivity contribution is 5.36. The monoisotopic (exact) mass is 236 g/mol. The highest BCUT2D eigenvalue weighted by Gasteiger charge is 2.23. The predicted molar refractivity (Wildman–Crippen MR) is 67.6 cm³/mol. The van der Waals surface area contributed by atoms with Crippen LogP contribution in [-0.4, -0.2) is 42.8 Å². The number of hydrogen-bond acceptors (Lipinski definition) is 5. The second-order valence-corrected chi connectivity index (χ2v) is 4.28. The number of nitrogens with one attached hydrogen (secondary N) is 1. The van der Waals surface area contributed by atoms with E-state index in [9.17, 15) is 0 Å². The van der Waals surface area contributed by atoms with Crippen molar-refractivity contribution in [2.45, 2.75) is 26.3 Å². The van der Waals surface area contributed by atoms with Crippen molar-refractivity contribution in [1.82, 2.24) is 15.3 Å². The van der Waals surface area contributed by atoms with Crippen LogP contribution in [-0.2, 0) is 0 Å². The molecule has 1 saturated heterocycles. The molecule has 5 heteroatoms. The molecule has 1 aliphatic heterocycles. The molecule has 1 aromatic heterocycles. The van der Waals surface area contributed by atoms with E-state index >= 15 is 0 Å². The third kappa shape index (κ3) is 2.66. The minimum atomic E-state index is 0.492. The SMILES string of the molecule is CCN(c1nc(C)cc(OC)n1)C1CCNC1. The zero-order chi connectivity index (χ0) is 12.3. The van der Waals surface area contributed by atoms with Gasteiger partial charge in [0.2, 0.25) is 11.8 Å². The predicted octanol–water partition coefficient (Wildman–Crippen LogP) is 0.982. The van der Waals surface area contributed by atoms with Crippen molar-refractivity contribution in [3.63, 3.8) is 0 Å². The fourth-order valence-corrected chi connectivity index (χ4v) is 2.23. The average molecular weight is 236 g/mol. The Labute approximate surface area is 102 Å². The molecule has 0 bridgehead atoms. The van der Waals surface area contributed by atoms with E-state index in [0.717, 1.165) is 37.7 Å². The summed E-state index contributed by atoms with van der Waals surface area (Å²) in [5.74, 6) is 1.41. The number of ether oxygens (including phenoxy) is 1. The standard InChI is InChI=1S/C12H20N4O/c1-4-16(10-5-6-13-8-10)12-14-9(2)7-11(15-12)17-3/h7,10,13H,4-6,8H2,1-3H3. The topological polar surface area (TPSA) is 50.3 Å². The Morgan fingerprint density at radius 3 is 2.94 bits per heavy atom. The van der Waals surface area contributed by atoms with E-state index in [-0.39, 0.29) is 0 Å². The van der Waals surface area contributed by atoms with E-state index in [1.165, 1.54) is 0 Å². The Bertz CT molecular complexity index is 377. The molecule has 1 atom stereocenters. The van der Waals surface area contributed by atoms with Crippen molar-refractivity contribution < 1.29 is 4.74 Å². The summed E-state index contributed by atoms with van der Waals surface area (Å²) < 4.78 is 5.20. The lowest BCUT2D eigenvalue weighted by atomic mass is 10.2. The number of anilines is 1. The van der Waals surface area contributed by atoms with Crippen molar-refractivity contribution >= 4 is 5.95 Å². The number of methoxy groups -OCH3 is 1. The van der Waals surface area contributed by atoms with E-state index in [1.807, 2.05) is 13.0 Å². The smallest absolute Gasteiger partial charge is 0.229 e. The van der Waals surface area contributed by atoms with Gasteiger partial charge in [0.15, 0.2) is 0 Å². The summed E-state index contributed by atoms with van der Waals surface area (Å²) in [4.78, 5) is 11.2. The van der Waals surface area contributed by atoms with Crippen LogP contribution >= 0.6 is 0 Å². The fourth-order valence-electron chi connectivity index (χ4n) is 2.23. The van der Waals surface area contributed by atoms with Crippen molar-refractivity contribution in [3.05, 3.63) is 11.8 Å². The Balaban J connectivity index is 2.25. The van der Waals surface area contributed by atoms with Crippen molar-refractivity contribution in [2.24, 2.45) is 0 Å².